The monoisotopic (exact) mass is 351 g/mol. The Labute approximate surface area is 152 Å². The summed E-state index contributed by atoms with van der Waals surface area (Å²) in [4.78, 5) is 32.2. The van der Waals surface area contributed by atoms with Crippen molar-refractivity contribution in [3.63, 3.8) is 0 Å². The molecule has 2 aliphatic rings. The number of benzene rings is 1. The first-order chi connectivity index (χ1) is 12.8. The van der Waals surface area contributed by atoms with E-state index in [0.717, 1.165) is 37.9 Å². The Hall–Kier alpha value is -2.89. The molecule has 0 saturated carbocycles. The Bertz CT molecular complexity index is 831. The molecule has 1 aromatic carbocycles. The van der Waals surface area contributed by atoms with E-state index in [0.29, 0.717) is 35.8 Å². The summed E-state index contributed by atoms with van der Waals surface area (Å²) in [7, 11) is 0. The van der Waals surface area contributed by atoms with Gasteiger partial charge in [-0.1, -0.05) is 12.1 Å². The minimum atomic E-state index is 0.0173. The Morgan fingerprint density at radius 3 is 2.77 bits per heavy atom. The van der Waals surface area contributed by atoms with E-state index in [2.05, 4.69) is 4.98 Å². The van der Waals surface area contributed by atoms with Gasteiger partial charge < -0.3 is 14.5 Å². The third kappa shape index (κ3) is 3.14. The summed E-state index contributed by atoms with van der Waals surface area (Å²) in [6.07, 6.45) is 5.76. The van der Waals surface area contributed by atoms with E-state index in [4.69, 9.17) is 4.74 Å². The van der Waals surface area contributed by atoms with Crippen molar-refractivity contribution in [1.29, 1.82) is 0 Å². The Morgan fingerprint density at radius 2 is 1.96 bits per heavy atom. The molecule has 1 aromatic heterocycles. The summed E-state index contributed by atoms with van der Waals surface area (Å²) in [5.41, 5.74) is 2.07. The van der Waals surface area contributed by atoms with Crippen molar-refractivity contribution in [2.24, 2.45) is 0 Å². The predicted octanol–water partition coefficient (Wildman–Crippen LogP) is 3.05. The number of piperidine rings is 1. The number of likely N-dealkylation sites (tertiary alicyclic amines) is 1. The summed E-state index contributed by atoms with van der Waals surface area (Å²) in [6, 6.07) is 9.18. The molecule has 134 valence electrons. The Balaban J connectivity index is 1.63. The molecule has 0 atom stereocenters. The first kappa shape index (κ1) is 16.6. The number of nitrogens with zero attached hydrogens (tertiary/aromatic N) is 3. The van der Waals surface area contributed by atoms with Crippen molar-refractivity contribution in [2.45, 2.75) is 19.3 Å². The lowest BCUT2D eigenvalue weighted by Gasteiger charge is -2.31. The number of amides is 1. The quantitative estimate of drug-likeness (QED) is 0.796. The molecule has 2 aliphatic heterocycles. The second-order valence-electron chi connectivity index (χ2n) is 6.61. The number of anilines is 2. The highest BCUT2D eigenvalue weighted by atomic mass is 16.5. The van der Waals surface area contributed by atoms with Crippen LogP contribution in [-0.4, -0.2) is 48.3 Å². The number of hydrogen-bond acceptors (Lipinski definition) is 5. The van der Waals surface area contributed by atoms with Gasteiger partial charge in [-0.2, -0.15) is 0 Å². The van der Waals surface area contributed by atoms with E-state index in [1.807, 2.05) is 28.0 Å². The molecule has 4 rings (SSSR count). The zero-order valence-corrected chi connectivity index (χ0v) is 14.6. The molecule has 0 bridgehead atoms. The highest BCUT2D eigenvalue weighted by Crippen LogP contribution is 2.35. The van der Waals surface area contributed by atoms with Gasteiger partial charge in [-0.3, -0.25) is 9.59 Å². The van der Waals surface area contributed by atoms with Crippen LogP contribution >= 0.6 is 0 Å². The molecule has 0 spiro atoms. The number of aldehydes is 1. The number of rotatable bonds is 3. The van der Waals surface area contributed by atoms with Crippen LogP contribution in [0.1, 0.15) is 40.0 Å². The van der Waals surface area contributed by atoms with Gasteiger partial charge >= 0.3 is 0 Å². The van der Waals surface area contributed by atoms with Gasteiger partial charge in [0.2, 0.25) is 0 Å². The van der Waals surface area contributed by atoms with E-state index in [9.17, 15) is 9.59 Å². The average molecular weight is 351 g/mol. The highest BCUT2D eigenvalue weighted by Gasteiger charge is 2.25. The molecule has 3 heterocycles. The predicted molar refractivity (Wildman–Crippen MR) is 98.3 cm³/mol. The van der Waals surface area contributed by atoms with Crippen LogP contribution in [0.25, 0.3) is 0 Å². The third-order valence-electron chi connectivity index (χ3n) is 4.87. The standard InChI is InChI=1S/C20H21N3O3/c24-14-15-5-4-6-17(11-15)23-9-10-26-18-12-16(13-21-19(18)23)20(25)22-7-2-1-3-8-22/h4-6,11-14H,1-3,7-10H2. The fourth-order valence-corrected chi connectivity index (χ4v) is 3.51. The van der Waals surface area contributed by atoms with Crippen molar-refractivity contribution in [1.82, 2.24) is 9.88 Å². The molecule has 1 fully saturated rings. The highest BCUT2D eigenvalue weighted by molar-refractivity contribution is 5.95. The molecular weight excluding hydrogens is 330 g/mol. The van der Waals surface area contributed by atoms with Crippen LogP contribution in [0, 0.1) is 0 Å². The maximum Gasteiger partial charge on any atom is 0.255 e. The van der Waals surface area contributed by atoms with Gasteiger partial charge in [0.15, 0.2) is 11.6 Å². The smallest absolute Gasteiger partial charge is 0.255 e. The summed E-state index contributed by atoms with van der Waals surface area (Å²) in [5.74, 6) is 1.30. The van der Waals surface area contributed by atoms with Gasteiger partial charge in [0.1, 0.15) is 12.9 Å². The minimum Gasteiger partial charge on any atom is -0.488 e. The fraction of sp³-hybridized carbons (Fsp3) is 0.350. The molecule has 0 N–H and O–H groups in total. The van der Waals surface area contributed by atoms with E-state index in [1.54, 1.807) is 18.3 Å². The largest absolute Gasteiger partial charge is 0.488 e. The van der Waals surface area contributed by atoms with E-state index < -0.39 is 0 Å². The van der Waals surface area contributed by atoms with Crippen LogP contribution in [0.5, 0.6) is 5.75 Å². The van der Waals surface area contributed by atoms with Gasteiger partial charge in [0, 0.05) is 30.5 Å². The third-order valence-corrected chi connectivity index (χ3v) is 4.87. The van der Waals surface area contributed by atoms with Crippen molar-refractivity contribution in [3.05, 3.63) is 47.7 Å². The maximum absolute atomic E-state index is 12.7. The molecule has 6 heteroatoms. The van der Waals surface area contributed by atoms with Gasteiger partial charge in [-0.25, -0.2) is 4.98 Å². The molecule has 26 heavy (non-hydrogen) atoms. The van der Waals surface area contributed by atoms with E-state index in [-0.39, 0.29) is 5.91 Å². The molecule has 0 aliphatic carbocycles. The lowest BCUT2D eigenvalue weighted by atomic mass is 10.1. The van der Waals surface area contributed by atoms with Gasteiger partial charge in [0.25, 0.3) is 5.91 Å². The first-order valence-electron chi connectivity index (χ1n) is 9.01. The zero-order valence-electron chi connectivity index (χ0n) is 14.6. The average Bonchev–Trinajstić information content (AvgIpc) is 2.73. The number of pyridine rings is 1. The van der Waals surface area contributed by atoms with Crippen LogP contribution in [-0.2, 0) is 0 Å². The van der Waals surface area contributed by atoms with Crippen LogP contribution in [0.2, 0.25) is 0 Å². The van der Waals surface area contributed by atoms with E-state index >= 15 is 0 Å². The topological polar surface area (TPSA) is 62.7 Å². The number of fused-ring (bicyclic) bond motifs is 1. The second-order valence-corrected chi connectivity index (χ2v) is 6.61. The number of hydrogen-bond donors (Lipinski definition) is 0. The lowest BCUT2D eigenvalue weighted by molar-refractivity contribution is 0.0723. The lowest BCUT2D eigenvalue weighted by Crippen LogP contribution is -2.36. The number of aromatic nitrogens is 1. The summed E-state index contributed by atoms with van der Waals surface area (Å²) in [5, 5.41) is 0. The zero-order chi connectivity index (χ0) is 17.9. The van der Waals surface area contributed by atoms with Crippen LogP contribution in [0.15, 0.2) is 36.5 Å². The minimum absolute atomic E-state index is 0.0173. The Kier molecular flexibility index (Phi) is 4.56. The molecule has 1 saturated heterocycles. The summed E-state index contributed by atoms with van der Waals surface area (Å²) in [6.45, 7) is 2.76. The van der Waals surface area contributed by atoms with Crippen LogP contribution in [0.3, 0.4) is 0 Å². The van der Waals surface area contributed by atoms with Crippen molar-refractivity contribution in [3.8, 4) is 5.75 Å². The molecule has 0 radical (unpaired) electrons. The van der Waals surface area contributed by atoms with E-state index in [1.165, 1.54) is 6.42 Å². The number of ether oxygens (including phenoxy) is 1. The van der Waals surface area contributed by atoms with Crippen molar-refractivity contribution >= 4 is 23.7 Å². The fourth-order valence-electron chi connectivity index (χ4n) is 3.51. The summed E-state index contributed by atoms with van der Waals surface area (Å²) < 4.78 is 5.77. The SMILES string of the molecule is O=Cc1cccc(N2CCOc3cc(C(=O)N4CCCCC4)cnc32)c1. The van der Waals surface area contributed by atoms with Gasteiger partial charge in [-0.05, 0) is 37.5 Å². The van der Waals surface area contributed by atoms with Crippen molar-refractivity contribution < 1.29 is 14.3 Å². The number of carbonyl (C=O) groups is 2. The van der Waals surface area contributed by atoms with Crippen LogP contribution < -0.4 is 9.64 Å². The molecule has 0 unspecified atom stereocenters. The normalized spacial score (nSPS) is 16.6. The Morgan fingerprint density at radius 1 is 1.12 bits per heavy atom. The van der Waals surface area contributed by atoms with Gasteiger partial charge in [-0.15, -0.1) is 0 Å². The molecule has 1 amide bonds. The summed E-state index contributed by atoms with van der Waals surface area (Å²) >= 11 is 0. The van der Waals surface area contributed by atoms with Crippen LogP contribution in [0.4, 0.5) is 11.5 Å². The number of carbonyl (C=O) groups excluding carboxylic acids is 2. The second kappa shape index (κ2) is 7.15. The molecule has 6 nitrogen and oxygen atoms in total. The molecular formula is C20H21N3O3. The van der Waals surface area contributed by atoms with Crippen molar-refractivity contribution in [2.75, 3.05) is 31.1 Å². The first-order valence-corrected chi connectivity index (χ1v) is 9.01. The maximum atomic E-state index is 12.7. The van der Waals surface area contributed by atoms with Gasteiger partial charge in [0.05, 0.1) is 12.1 Å². The molecule has 2 aromatic rings.